The van der Waals surface area contributed by atoms with Crippen LogP contribution in [0.5, 0.6) is 5.75 Å². The fraction of sp³-hybridized carbons (Fsp3) is 0.429. The Morgan fingerprint density at radius 3 is 2.65 bits per heavy atom. The summed E-state index contributed by atoms with van der Waals surface area (Å²) in [6.07, 6.45) is 1.73. The van der Waals surface area contributed by atoms with E-state index in [4.69, 9.17) is 9.47 Å². The molecule has 0 aliphatic rings. The molecule has 3 nitrogen and oxygen atoms in total. The lowest BCUT2D eigenvalue weighted by molar-refractivity contribution is 0.121. The third-order valence-electron chi connectivity index (χ3n) is 2.23. The van der Waals surface area contributed by atoms with Crippen LogP contribution < -0.4 is 10.1 Å². The Morgan fingerprint density at radius 2 is 2.00 bits per heavy atom. The highest BCUT2D eigenvalue weighted by atomic mass is 16.5. The largest absolute Gasteiger partial charge is 0.491 e. The Hall–Kier alpha value is -1.32. The summed E-state index contributed by atoms with van der Waals surface area (Å²) in [6.45, 7) is 9.30. The van der Waals surface area contributed by atoms with Crippen LogP contribution in [0.1, 0.15) is 12.5 Å². The molecule has 0 fully saturated rings. The molecular formula is C14H21NO2. The molecule has 0 heterocycles. The van der Waals surface area contributed by atoms with Gasteiger partial charge >= 0.3 is 0 Å². The van der Waals surface area contributed by atoms with Gasteiger partial charge in [0.25, 0.3) is 0 Å². The van der Waals surface area contributed by atoms with Crippen LogP contribution in [0.2, 0.25) is 0 Å². The SMILES string of the molecule is C=CCOCCOc1ccc(CNCC)cc1. The second-order valence-corrected chi connectivity index (χ2v) is 3.64. The fourth-order valence-electron chi connectivity index (χ4n) is 1.36. The number of ether oxygens (including phenoxy) is 2. The predicted molar refractivity (Wildman–Crippen MR) is 70.3 cm³/mol. The van der Waals surface area contributed by atoms with Crippen molar-refractivity contribution in [2.45, 2.75) is 13.5 Å². The topological polar surface area (TPSA) is 30.5 Å². The molecule has 0 bridgehead atoms. The molecular weight excluding hydrogens is 214 g/mol. The maximum atomic E-state index is 5.53. The smallest absolute Gasteiger partial charge is 0.119 e. The van der Waals surface area contributed by atoms with Crippen LogP contribution in [0.3, 0.4) is 0 Å². The minimum atomic E-state index is 0.570. The zero-order valence-electron chi connectivity index (χ0n) is 10.4. The summed E-state index contributed by atoms with van der Waals surface area (Å²) >= 11 is 0. The molecule has 1 aromatic carbocycles. The highest BCUT2D eigenvalue weighted by Crippen LogP contribution is 2.11. The molecule has 1 N–H and O–H groups in total. The lowest BCUT2D eigenvalue weighted by atomic mass is 10.2. The summed E-state index contributed by atoms with van der Waals surface area (Å²) in [5.41, 5.74) is 1.27. The van der Waals surface area contributed by atoms with Gasteiger partial charge in [-0.25, -0.2) is 0 Å². The molecule has 0 amide bonds. The van der Waals surface area contributed by atoms with Crippen molar-refractivity contribution in [3.8, 4) is 5.75 Å². The van der Waals surface area contributed by atoms with E-state index in [9.17, 15) is 0 Å². The molecule has 0 saturated heterocycles. The molecule has 17 heavy (non-hydrogen) atoms. The molecule has 0 aromatic heterocycles. The zero-order chi connectivity index (χ0) is 12.3. The van der Waals surface area contributed by atoms with Crippen molar-refractivity contribution < 1.29 is 9.47 Å². The first-order valence-electron chi connectivity index (χ1n) is 5.98. The van der Waals surface area contributed by atoms with E-state index in [1.165, 1.54) is 5.56 Å². The number of hydrogen-bond acceptors (Lipinski definition) is 3. The van der Waals surface area contributed by atoms with E-state index in [2.05, 4.69) is 31.0 Å². The highest BCUT2D eigenvalue weighted by Gasteiger charge is 1.95. The number of nitrogens with one attached hydrogen (secondary N) is 1. The van der Waals surface area contributed by atoms with Crippen LogP contribution in [0, 0.1) is 0 Å². The van der Waals surface area contributed by atoms with Gasteiger partial charge in [-0.3, -0.25) is 0 Å². The summed E-state index contributed by atoms with van der Waals surface area (Å²) in [7, 11) is 0. The first-order chi connectivity index (χ1) is 8.36. The molecule has 0 unspecified atom stereocenters. The lowest BCUT2D eigenvalue weighted by Crippen LogP contribution is -2.11. The summed E-state index contributed by atoms with van der Waals surface area (Å²) in [4.78, 5) is 0. The van der Waals surface area contributed by atoms with E-state index in [0.717, 1.165) is 18.8 Å². The Balaban J connectivity index is 2.23. The van der Waals surface area contributed by atoms with Crippen LogP contribution in [-0.2, 0) is 11.3 Å². The Kier molecular flexibility index (Phi) is 7.11. The van der Waals surface area contributed by atoms with Gasteiger partial charge in [0.05, 0.1) is 13.2 Å². The molecule has 1 aromatic rings. The molecule has 0 radical (unpaired) electrons. The molecule has 0 atom stereocenters. The summed E-state index contributed by atoms with van der Waals surface area (Å²) in [5, 5.41) is 3.28. The predicted octanol–water partition coefficient (Wildman–Crippen LogP) is 2.38. The minimum absolute atomic E-state index is 0.570. The van der Waals surface area contributed by atoms with Crippen molar-refractivity contribution >= 4 is 0 Å². The zero-order valence-corrected chi connectivity index (χ0v) is 10.4. The van der Waals surface area contributed by atoms with E-state index in [-0.39, 0.29) is 0 Å². The first-order valence-corrected chi connectivity index (χ1v) is 5.98. The molecule has 0 aliphatic heterocycles. The van der Waals surface area contributed by atoms with E-state index >= 15 is 0 Å². The number of benzene rings is 1. The lowest BCUT2D eigenvalue weighted by Gasteiger charge is -2.07. The quantitative estimate of drug-likeness (QED) is 0.526. The third kappa shape index (κ3) is 6.09. The summed E-state index contributed by atoms with van der Waals surface area (Å²) in [6, 6.07) is 8.12. The maximum absolute atomic E-state index is 5.53. The van der Waals surface area contributed by atoms with Gasteiger partial charge in [0, 0.05) is 6.54 Å². The van der Waals surface area contributed by atoms with Gasteiger partial charge in [-0.15, -0.1) is 6.58 Å². The highest BCUT2D eigenvalue weighted by molar-refractivity contribution is 5.27. The monoisotopic (exact) mass is 235 g/mol. The minimum Gasteiger partial charge on any atom is -0.491 e. The van der Waals surface area contributed by atoms with E-state index in [1.807, 2.05) is 12.1 Å². The van der Waals surface area contributed by atoms with Gasteiger partial charge < -0.3 is 14.8 Å². The van der Waals surface area contributed by atoms with Crippen molar-refractivity contribution in [2.24, 2.45) is 0 Å². The number of rotatable bonds is 9. The van der Waals surface area contributed by atoms with E-state index in [0.29, 0.717) is 19.8 Å². The Morgan fingerprint density at radius 1 is 1.24 bits per heavy atom. The average molecular weight is 235 g/mol. The summed E-state index contributed by atoms with van der Waals surface area (Å²) < 4.78 is 10.8. The van der Waals surface area contributed by atoms with Crippen molar-refractivity contribution in [1.29, 1.82) is 0 Å². The van der Waals surface area contributed by atoms with Gasteiger partial charge in [0.1, 0.15) is 12.4 Å². The molecule has 0 saturated carbocycles. The van der Waals surface area contributed by atoms with Crippen molar-refractivity contribution in [1.82, 2.24) is 5.32 Å². The van der Waals surface area contributed by atoms with Gasteiger partial charge in [0.2, 0.25) is 0 Å². The number of hydrogen-bond donors (Lipinski definition) is 1. The van der Waals surface area contributed by atoms with Crippen LogP contribution in [0.4, 0.5) is 0 Å². The van der Waals surface area contributed by atoms with Gasteiger partial charge in [-0.1, -0.05) is 25.1 Å². The fourth-order valence-corrected chi connectivity index (χ4v) is 1.36. The Labute approximate surface area is 103 Å². The van der Waals surface area contributed by atoms with Gasteiger partial charge in [0.15, 0.2) is 0 Å². The molecule has 94 valence electrons. The van der Waals surface area contributed by atoms with Crippen molar-refractivity contribution in [3.63, 3.8) is 0 Å². The van der Waals surface area contributed by atoms with Crippen molar-refractivity contribution in [2.75, 3.05) is 26.4 Å². The maximum Gasteiger partial charge on any atom is 0.119 e. The second kappa shape index (κ2) is 8.79. The first kappa shape index (κ1) is 13.7. The average Bonchev–Trinajstić information content (AvgIpc) is 2.37. The normalized spacial score (nSPS) is 10.2. The van der Waals surface area contributed by atoms with Crippen LogP contribution >= 0.6 is 0 Å². The molecule has 3 heteroatoms. The molecule has 0 spiro atoms. The van der Waals surface area contributed by atoms with Crippen molar-refractivity contribution in [3.05, 3.63) is 42.5 Å². The van der Waals surface area contributed by atoms with E-state index < -0.39 is 0 Å². The van der Waals surface area contributed by atoms with E-state index in [1.54, 1.807) is 6.08 Å². The molecule has 1 rings (SSSR count). The third-order valence-corrected chi connectivity index (χ3v) is 2.23. The summed E-state index contributed by atoms with van der Waals surface area (Å²) in [5.74, 6) is 0.882. The Bertz CT molecular complexity index is 309. The van der Waals surface area contributed by atoms with Crippen LogP contribution in [0.25, 0.3) is 0 Å². The van der Waals surface area contributed by atoms with Crippen LogP contribution in [0.15, 0.2) is 36.9 Å². The molecule has 0 aliphatic carbocycles. The van der Waals surface area contributed by atoms with Gasteiger partial charge in [-0.05, 0) is 24.2 Å². The standard InChI is InChI=1S/C14H21NO2/c1-3-9-16-10-11-17-14-7-5-13(6-8-14)12-15-4-2/h3,5-8,15H,1,4,9-12H2,2H3. The second-order valence-electron chi connectivity index (χ2n) is 3.64. The van der Waals surface area contributed by atoms with Crippen LogP contribution in [-0.4, -0.2) is 26.4 Å². The van der Waals surface area contributed by atoms with Gasteiger partial charge in [-0.2, -0.15) is 0 Å².